The van der Waals surface area contributed by atoms with Crippen molar-refractivity contribution in [1.29, 1.82) is 0 Å². The summed E-state index contributed by atoms with van der Waals surface area (Å²) in [7, 11) is 0. The van der Waals surface area contributed by atoms with Gasteiger partial charge in [0, 0.05) is 45.9 Å². The number of aromatic nitrogens is 2. The number of rotatable bonds is 11. The van der Waals surface area contributed by atoms with Gasteiger partial charge in [-0.1, -0.05) is 186 Å². The number of ether oxygens (including phenoxy) is 1. The molecule has 382 valence electrons. The first kappa shape index (κ1) is 50.3. The second-order valence-electron chi connectivity index (χ2n) is 24.2. The summed E-state index contributed by atoms with van der Waals surface area (Å²) in [6.45, 7) is 28.2. The van der Waals surface area contributed by atoms with Crippen molar-refractivity contribution in [3.63, 3.8) is 0 Å². The SMILES string of the molecule is CC(C)c1cccc(C(C)C)c1-c1cc(Oc2ccc3c4cc(-c5ccccc5)ccc4n(-c4cc(C(C)(C)C)ccn4)c3c2)cc(N2CN(c3cccc(C(C)(C)c4ccccc4)c3)c3ccc(C(C)(C)C)cc32)c1. The zero-order valence-electron chi connectivity index (χ0n) is 46.5. The van der Waals surface area contributed by atoms with Gasteiger partial charge in [-0.05, 0) is 151 Å². The molecule has 0 atom stereocenters. The van der Waals surface area contributed by atoms with Crippen LogP contribution in [0.4, 0.5) is 22.7 Å². The van der Waals surface area contributed by atoms with Gasteiger partial charge in [0.05, 0.1) is 22.4 Å². The van der Waals surface area contributed by atoms with Crippen LogP contribution in [-0.4, -0.2) is 16.2 Å². The minimum absolute atomic E-state index is 0.0535. The summed E-state index contributed by atoms with van der Waals surface area (Å²) < 4.78 is 9.62. The van der Waals surface area contributed by atoms with Crippen LogP contribution in [0.2, 0.25) is 0 Å². The second kappa shape index (κ2) is 19.4. The van der Waals surface area contributed by atoms with E-state index in [2.05, 4.69) is 286 Å². The van der Waals surface area contributed by atoms with Crippen LogP contribution in [0, 0.1) is 0 Å². The summed E-state index contributed by atoms with van der Waals surface area (Å²) >= 11 is 0. The summed E-state index contributed by atoms with van der Waals surface area (Å²) in [4.78, 5) is 10.0. The molecule has 0 amide bonds. The van der Waals surface area contributed by atoms with E-state index in [9.17, 15) is 0 Å². The summed E-state index contributed by atoms with van der Waals surface area (Å²) in [5.41, 5.74) is 19.0. The molecular formula is C71H72N4O. The third-order valence-corrected chi connectivity index (χ3v) is 15.9. The summed E-state index contributed by atoms with van der Waals surface area (Å²) in [6, 6.07) is 69.3. The van der Waals surface area contributed by atoms with Gasteiger partial charge < -0.3 is 14.5 Å². The van der Waals surface area contributed by atoms with E-state index < -0.39 is 0 Å². The molecule has 11 rings (SSSR count). The number of hydrogen-bond donors (Lipinski definition) is 0. The Morgan fingerprint density at radius 2 is 1.09 bits per heavy atom. The molecule has 1 aliphatic heterocycles. The fraction of sp³-hybridized carbons (Fsp3) is 0.254. The Hall–Kier alpha value is -7.89. The predicted octanol–water partition coefficient (Wildman–Crippen LogP) is 19.7. The number of anilines is 4. The molecule has 5 heteroatoms. The standard InChI is InChI=1S/C71H72N4O/c1-46(2)59-27-20-28-60(47(3)4)68(59)50-37-56(74-45-73(64-34-30-52(41-66(64)74)69(5,6)7)55-26-19-25-54(40-55)71(11,12)51-23-17-14-18-24-51)43-58(38-50)76-57-31-32-61-62-39-49(48-21-15-13-16-22-48)29-33-63(62)75(65(61)44-57)67-42-53(35-36-72-67)70(8,9)10/h13-44,46-47H,45H2,1-12H3. The average molecular weight is 997 g/mol. The monoisotopic (exact) mass is 997 g/mol. The summed E-state index contributed by atoms with van der Waals surface area (Å²) in [5.74, 6) is 3.04. The number of nitrogens with zero attached hydrogens (tertiary/aromatic N) is 4. The molecule has 0 saturated heterocycles. The highest BCUT2D eigenvalue weighted by Crippen LogP contribution is 2.50. The highest BCUT2D eigenvalue weighted by Gasteiger charge is 2.33. The lowest BCUT2D eigenvalue weighted by atomic mass is 9.78. The highest BCUT2D eigenvalue weighted by atomic mass is 16.5. The quantitative estimate of drug-likeness (QED) is 0.129. The van der Waals surface area contributed by atoms with Crippen LogP contribution >= 0.6 is 0 Å². The van der Waals surface area contributed by atoms with E-state index in [1.54, 1.807) is 0 Å². The zero-order valence-corrected chi connectivity index (χ0v) is 46.5. The molecule has 0 spiro atoms. The molecule has 76 heavy (non-hydrogen) atoms. The van der Waals surface area contributed by atoms with Gasteiger partial charge in [0.25, 0.3) is 0 Å². The van der Waals surface area contributed by atoms with Crippen LogP contribution < -0.4 is 14.5 Å². The maximum absolute atomic E-state index is 7.31. The van der Waals surface area contributed by atoms with Crippen LogP contribution in [0.15, 0.2) is 194 Å². The molecule has 0 aliphatic carbocycles. The van der Waals surface area contributed by atoms with Crippen LogP contribution in [0.5, 0.6) is 11.5 Å². The molecule has 0 radical (unpaired) electrons. The van der Waals surface area contributed by atoms with Gasteiger partial charge in [0.1, 0.15) is 24.0 Å². The van der Waals surface area contributed by atoms with E-state index in [4.69, 9.17) is 9.72 Å². The fourth-order valence-corrected chi connectivity index (χ4v) is 11.3. The van der Waals surface area contributed by atoms with Gasteiger partial charge in [-0.25, -0.2) is 4.98 Å². The molecule has 2 aromatic heterocycles. The lowest BCUT2D eigenvalue weighted by Crippen LogP contribution is -2.25. The fourth-order valence-electron chi connectivity index (χ4n) is 11.3. The summed E-state index contributed by atoms with van der Waals surface area (Å²) in [5, 5.41) is 2.31. The van der Waals surface area contributed by atoms with Crippen molar-refractivity contribution < 1.29 is 4.74 Å². The van der Waals surface area contributed by atoms with Crippen LogP contribution in [0.25, 0.3) is 49.9 Å². The van der Waals surface area contributed by atoms with E-state index >= 15 is 0 Å². The zero-order chi connectivity index (χ0) is 53.3. The van der Waals surface area contributed by atoms with E-state index in [-0.39, 0.29) is 16.2 Å². The first-order chi connectivity index (χ1) is 36.3. The van der Waals surface area contributed by atoms with Crippen molar-refractivity contribution in [3.8, 4) is 39.6 Å². The third kappa shape index (κ3) is 9.35. The largest absolute Gasteiger partial charge is 0.457 e. The van der Waals surface area contributed by atoms with E-state index in [0.29, 0.717) is 18.5 Å². The lowest BCUT2D eigenvalue weighted by molar-refractivity contribution is 0.483. The van der Waals surface area contributed by atoms with Crippen LogP contribution in [0.1, 0.15) is 128 Å². The average Bonchev–Trinajstić information content (AvgIpc) is 3.96. The Bertz CT molecular complexity index is 3750. The van der Waals surface area contributed by atoms with Crippen molar-refractivity contribution in [3.05, 3.63) is 228 Å². The van der Waals surface area contributed by atoms with E-state index in [0.717, 1.165) is 50.7 Å². The van der Waals surface area contributed by atoms with Crippen molar-refractivity contribution >= 4 is 44.6 Å². The Kier molecular flexibility index (Phi) is 12.8. The number of fused-ring (bicyclic) bond motifs is 4. The molecule has 10 aromatic rings. The molecule has 0 fully saturated rings. The topological polar surface area (TPSA) is 33.5 Å². The minimum atomic E-state index is -0.191. The van der Waals surface area contributed by atoms with Crippen LogP contribution in [0.3, 0.4) is 0 Å². The van der Waals surface area contributed by atoms with Gasteiger partial charge >= 0.3 is 0 Å². The molecule has 0 unspecified atom stereocenters. The number of hydrogen-bond acceptors (Lipinski definition) is 4. The smallest absolute Gasteiger partial charge is 0.137 e. The number of pyridine rings is 1. The molecule has 0 bridgehead atoms. The predicted molar refractivity (Wildman–Crippen MR) is 322 cm³/mol. The van der Waals surface area contributed by atoms with Crippen molar-refractivity contribution in [2.45, 2.75) is 111 Å². The Labute approximate surface area is 451 Å². The van der Waals surface area contributed by atoms with Gasteiger partial charge in [-0.2, -0.15) is 0 Å². The van der Waals surface area contributed by atoms with E-state index in [1.165, 1.54) is 66.8 Å². The van der Waals surface area contributed by atoms with Gasteiger partial charge in [0.2, 0.25) is 0 Å². The Balaban J connectivity index is 1.09. The van der Waals surface area contributed by atoms with Crippen molar-refractivity contribution in [1.82, 2.24) is 9.55 Å². The van der Waals surface area contributed by atoms with Gasteiger partial charge in [-0.3, -0.25) is 4.57 Å². The normalized spacial score (nSPS) is 13.1. The lowest BCUT2D eigenvalue weighted by Gasteiger charge is -2.28. The van der Waals surface area contributed by atoms with Gasteiger partial charge in [-0.15, -0.1) is 0 Å². The van der Waals surface area contributed by atoms with Crippen LogP contribution in [-0.2, 0) is 16.2 Å². The number of benzene rings is 8. The second-order valence-corrected chi connectivity index (χ2v) is 24.2. The highest BCUT2D eigenvalue weighted by molar-refractivity contribution is 6.10. The van der Waals surface area contributed by atoms with Crippen molar-refractivity contribution in [2.24, 2.45) is 0 Å². The first-order valence-electron chi connectivity index (χ1n) is 27.3. The maximum atomic E-state index is 7.31. The Morgan fingerprint density at radius 1 is 0.434 bits per heavy atom. The van der Waals surface area contributed by atoms with E-state index in [1.807, 2.05) is 6.20 Å². The molecule has 0 N–H and O–H groups in total. The van der Waals surface area contributed by atoms with Gasteiger partial charge in [0.15, 0.2) is 0 Å². The minimum Gasteiger partial charge on any atom is -0.457 e. The third-order valence-electron chi connectivity index (χ3n) is 15.9. The Morgan fingerprint density at radius 3 is 1.79 bits per heavy atom. The molecule has 8 aromatic carbocycles. The summed E-state index contributed by atoms with van der Waals surface area (Å²) in [6.07, 6.45) is 1.95. The molecule has 0 saturated carbocycles. The van der Waals surface area contributed by atoms with Crippen molar-refractivity contribution in [2.75, 3.05) is 16.5 Å². The molecular weight excluding hydrogens is 925 g/mol. The molecule has 1 aliphatic rings. The first-order valence-corrected chi connectivity index (χ1v) is 27.3. The molecule has 5 nitrogen and oxygen atoms in total. The maximum Gasteiger partial charge on any atom is 0.137 e. The molecule has 3 heterocycles.